The Morgan fingerprint density at radius 3 is 2.18 bits per heavy atom. The standard InChI is InChI=1S/C18H15ClN2O7/c19-13-4-2-12(3-5-13)18(26)21-20-8-11-1-6-14(27-9-16(22)23)15(7-11)28-10-17(24)25/h1-8H,9-10H2,(H,21,26)(H,22,23)(H,24,25). The minimum Gasteiger partial charge on any atom is -0.479 e. The van der Waals surface area contributed by atoms with E-state index in [9.17, 15) is 14.4 Å². The van der Waals surface area contributed by atoms with Gasteiger partial charge in [0.1, 0.15) is 0 Å². The molecule has 10 heteroatoms. The largest absolute Gasteiger partial charge is 0.479 e. The van der Waals surface area contributed by atoms with Crippen molar-refractivity contribution in [2.24, 2.45) is 5.10 Å². The fourth-order valence-electron chi connectivity index (χ4n) is 1.95. The molecule has 0 aliphatic heterocycles. The molecule has 0 aliphatic carbocycles. The average Bonchev–Trinajstić information content (AvgIpc) is 2.65. The van der Waals surface area contributed by atoms with Gasteiger partial charge in [0.15, 0.2) is 24.7 Å². The SMILES string of the molecule is O=C(O)COc1ccc(C=NNC(=O)c2ccc(Cl)cc2)cc1OCC(=O)O. The number of hydrogen-bond acceptors (Lipinski definition) is 6. The lowest BCUT2D eigenvalue weighted by Gasteiger charge is -2.11. The van der Waals surface area contributed by atoms with E-state index in [1.165, 1.54) is 24.4 Å². The molecule has 0 spiro atoms. The van der Waals surface area contributed by atoms with Crippen LogP contribution in [0.1, 0.15) is 15.9 Å². The molecule has 146 valence electrons. The number of carbonyl (C=O) groups is 3. The Hall–Kier alpha value is -3.59. The number of rotatable bonds is 9. The maximum atomic E-state index is 12.0. The van der Waals surface area contributed by atoms with Crippen molar-refractivity contribution in [3.05, 3.63) is 58.6 Å². The van der Waals surface area contributed by atoms with E-state index in [1.54, 1.807) is 24.3 Å². The van der Waals surface area contributed by atoms with E-state index in [2.05, 4.69) is 10.5 Å². The van der Waals surface area contributed by atoms with E-state index in [0.717, 1.165) is 0 Å². The summed E-state index contributed by atoms with van der Waals surface area (Å²) in [5.41, 5.74) is 3.16. The van der Waals surface area contributed by atoms with Crippen LogP contribution in [0.3, 0.4) is 0 Å². The van der Waals surface area contributed by atoms with Crippen molar-refractivity contribution >= 4 is 35.7 Å². The van der Waals surface area contributed by atoms with Crippen molar-refractivity contribution in [3.8, 4) is 11.5 Å². The van der Waals surface area contributed by atoms with Gasteiger partial charge in [0.05, 0.1) is 6.21 Å². The minimum absolute atomic E-state index is 0.0247. The fourth-order valence-corrected chi connectivity index (χ4v) is 2.07. The summed E-state index contributed by atoms with van der Waals surface area (Å²) >= 11 is 5.76. The normalized spacial score (nSPS) is 10.5. The third-order valence-corrected chi connectivity index (χ3v) is 3.41. The predicted molar refractivity (Wildman–Crippen MR) is 99.2 cm³/mol. The van der Waals surface area contributed by atoms with Crippen molar-refractivity contribution in [3.63, 3.8) is 0 Å². The Bertz CT molecular complexity index is 897. The van der Waals surface area contributed by atoms with Crippen molar-refractivity contribution < 1.29 is 34.1 Å². The first-order valence-corrected chi connectivity index (χ1v) is 8.15. The first kappa shape index (κ1) is 20.7. The first-order chi connectivity index (χ1) is 13.3. The van der Waals surface area contributed by atoms with Crippen LogP contribution in [-0.4, -0.2) is 47.5 Å². The van der Waals surface area contributed by atoms with E-state index >= 15 is 0 Å². The molecule has 0 unspecified atom stereocenters. The second-order valence-electron chi connectivity index (χ2n) is 5.28. The van der Waals surface area contributed by atoms with E-state index in [1.807, 2.05) is 0 Å². The molecule has 2 aromatic rings. The van der Waals surface area contributed by atoms with Gasteiger partial charge in [-0.3, -0.25) is 4.79 Å². The van der Waals surface area contributed by atoms with Crippen LogP contribution in [0.4, 0.5) is 0 Å². The summed E-state index contributed by atoms with van der Waals surface area (Å²) in [6.07, 6.45) is 1.31. The van der Waals surface area contributed by atoms with Crippen LogP contribution >= 0.6 is 11.6 Å². The Kier molecular flexibility index (Phi) is 7.35. The van der Waals surface area contributed by atoms with Gasteiger partial charge in [-0.2, -0.15) is 5.10 Å². The molecule has 2 aromatic carbocycles. The number of carboxylic acid groups (broad SMARTS) is 2. The number of hydrazone groups is 1. The monoisotopic (exact) mass is 406 g/mol. The van der Waals surface area contributed by atoms with E-state index < -0.39 is 31.1 Å². The molecular formula is C18H15ClN2O7. The molecule has 0 fully saturated rings. The number of hydrogen-bond donors (Lipinski definition) is 3. The molecule has 0 heterocycles. The second-order valence-corrected chi connectivity index (χ2v) is 5.71. The molecule has 9 nitrogen and oxygen atoms in total. The molecule has 0 aromatic heterocycles. The smallest absolute Gasteiger partial charge is 0.341 e. The summed E-state index contributed by atoms with van der Waals surface area (Å²) in [4.78, 5) is 33.3. The van der Waals surface area contributed by atoms with Crippen LogP contribution in [0.25, 0.3) is 0 Å². The third kappa shape index (κ3) is 6.61. The molecule has 0 atom stereocenters. The van der Waals surface area contributed by atoms with Gasteiger partial charge in [0.25, 0.3) is 5.91 Å². The Labute approximate surface area is 164 Å². The molecule has 3 N–H and O–H groups in total. The number of ether oxygens (including phenoxy) is 2. The molecule has 0 radical (unpaired) electrons. The lowest BCUT2D eigenvalue weighted by Crippen LogP contribution is -2.17. The van der Waals surface area contributed by atoms with Gasteiger partial charge < -0.3 is 19.7 Å². The van der Waals surface area contributed by atoms with Crippen molar-refractivity contribution in [1.29, 1.82) is 0 Å². The Morgan fingerprint density at radius 1 is 0.964 bits per heavy atom. The number of carbonyl (C=O) groups excluding carboxylic acids is 1. The van der Waals surface area contributed by atoms with Crippen molar-refractivity contribution in [2.75, 3.05) is 13.2 Å². The zero-order chi connectivity index (χ0) is 20.5. The lowest BCUT2D eigenvalue weighted by atomic mass is 10.2. The minimum atomic E-state index is -1.21. The van der Waals surface area contributed by atoms with E-state index in [0.29, 0.717) is 16.1 Å². The molecule has 0 bridgehead atoms. The van der Waals surface area contributed by atoms with Gasteiger partial charge in [-0.05, 0) is 48.0 Å². The van der Waals surface area contributed by atoms with Crippen LogP contribution in [0.2, 0.25) is 5.02 Å². The van der Waals surface area contributed by atoms with Gasteiger partial charge in [0.2, 0.25) is 0 Å². The summed E-state index contributed by atoms with van der Waals surface area (Å²) in [6.45, 7) is -1.26. The molecule has 28 heavy (non-hydrogen) atoms. The van der Waals surface area contributed by atoms with Gasteiger partial charge in [0, 0.05) is 10.6 Å². The maximum absolute atomic E-state index is 12.0. The number of benzene rings is 2. The van der Waals surface area contributed by atoms with E-state index in [4.69, 9.17) is 31.3 Å². The van der Waals surface area contributed by atoms with Gasteiger partial charge >= 0.3 is 11.9 Å². The summed E-state index contributed by atoms with van der Waals surface area (Å²) in [6, 6.07) is 10.6. The summed E-state index contributed by atoms with van der Waals surface area (Å²) in [7, 11) is 0. The summed E-state index contributed by atoms with van der Waals surface area (Å²) in [5.74, 6) is -2.77. The maximum Gasteiger partial charge on any atom is 0.341 e. The Morgan fingerprint density at radius 2 is 1.57 bits per heavy atom. The first-order valence-electron chi connectivity index (χ1n) is 7.77. The topological polar surface area (TPSA) is 135 Å². The molecule has 0 saturated carbocycles. The van der Waals surface area contributed by atoms with Gasteiger partial charge in [-0.1, -0.05) is 11.6 Å². The average molecular weight is 407 g/mol. The fraction of sp³-hybridized carbons (Fsp3) is 0.111. The van der Waals surface area contributed by atoms with Gasteiger partial charge in [-0.15, -0.1) is 0 Å². The number of halogens is 1. The van der Waals surface area contributed by atoms with Crippen LogP contribution in [0, 0.1) is 0 Å². The highest BCUT2D eigenvalue weighted by molar-refractivity contribution is 6.30. The van der Waals surface area contributed by atoms with Crippen LogP contribution in [0.15, 0.2) is 47.6 Å². The zero-order valence-electron chi connectivity index (χ0n) is 14.3. The lowest BCUT2D eigenvalue weighted by molar-refractivity contribution is -0.140. The molecular weight excluding hydrogens is 392 g/mol. The summed E-state index contributed by atoms with van der Waals surface area (Å²) < 4.78 is 10.2. The van der Waals surface area contributed by atoms with Crippen LogP contribution in [-0.2, 0) is 9.59 Å². The molecule has 1 amide bonds. The highest BCUT2D eigenvalue weighted by Crippen LogP contribution is 2.28. The van der Waals surface area contributed by atoms with Crippen LogP contribution in [0.5, 0.6) is 11.5 Å². The number of amides is 1. The number of aliphatic carboxylic acids is 2. The van der Waals surface area contributed by atoms with Crippen LogP contribution < -0.4 is 14.9 Å². The zero-order valence-corrected chi connectivity index (χ0v) is 15.0. The number of carboxylic acids is 2. The van der Waals surface area contributed by atoms with Gasteiger partial charge in [-0.25, -0.2) is 15.0 Å². The quantitative estimate of drug-likeness (QED) is 0.428. The predicted octanol–water partition coefficient (Wildman–Crippen LogP) is 2.03. The van der Waals surface area contributed by atoms with E-state index in [-0.39, 0.29) is 11.5 Å². The Balaban J connectivity index is 2.08. The molecule has 0 saturated heterocycles. The highest BCUT2D eigenvalue weighted by Gasteiger charge is 2.10. The molecule has 0 aliphatic rings. The van der Waals surface area contributed by atoms with Crippen molar-refractivity contribution in [2.45, 2.75) is 0 Å². The highest BCUT2D eigenvalue weighted by atomic mass is 35.5. The summed E-state index contributed by atoms with van der Waals surface area (Å²) in [5, 5.41) is 21.7. The molecule has 2 rings (SSSR count). The second kappa shape index (κ2) is 9.93. The third-order valence-electron chi connectivity index (χ3n) is 3.16. The van der Waals surface area contributed by atoms with Crippen molar-refractivity contribution in [1.82, 2.24) is 5.43 Å². The number of nitrogens with zero attached hydrogens (tertiary/aromatic N) is 1. The number of nitrogens with one attached hydrogen (secondary N) is 1.